The Morgan fingerprint density at radius 2 is 1.86 bits per heavy atom. The van der Waals surface area contributed by atoms with Gasteiger partial charge in [0.05, 0.1) is 16.7 Å². The first-order chi connectivity index (χ1) is 13.9. The zero-order valence-electron chi connectivity index (χ0n) is 14.8. The number of para-hydroxylation sites is 1. The SMILES string of the molecule is O=C(NN=Cc1ccc(Oc2ccc(F)cc2)c([N+](=O)[O-])c1)c1ccccc1O. The van der Waals surface area contributed by atoms with Crippen LogP contribution in [-0.4, -0.2) is 22.2 Å². The van der Waals surface area contributed by atoms with Crippen molar-refractivity contribution in [3.05, 3.63) is 93.8 Å². The predicted octanol–water partition coefficient (Wildman–Crippen LogP) is 4.00. The number of hydrogen-bond acceptors (Lipinski definition) is 6. The van der Waals surface area contributed by atoms with Crippen LogP contribution >= 0.6 is 0 Å². The van der Waals surface area contributed by atoms with Crippen molar-refractivity contribution in [2.75, 3.05) is 0 Å². The summed E-state index contributed by atoms with van der Waals surface area (Å²) < 4.78 is 18.4. The van der Waals surface area contributed by atoms with Gasteiger partial charge in [0.25, 0.3) is 5.91 Å². The average molecular weight is 395 g/mol. The third-order valence-corrected chi connectivity index (χ3v) is 3.75. The molecule has 0 aromatic heterocycles. The molecule has 0 atom stereocenters. The lowest BCUT2D eigenvalue weighted by molar-refractivity contribution is -0.385. The number of benzene rings is 3. The average Bonchev–Trinajstić information content (AvgIpc) is 2.70. The number of nitro groups is 1. The number of nitrogens with zero attached hydrogens (tertiary/aromatic N) is 2. The van der Waals surface area contributed by atoms with E-state index in [-0.39, 0.29) is 28.5 Å². The lowest BCUT2D eigenvalue weighted by atomic mass is 10.2. The van der Waals surface area contributed by atoms with Crippen molar-refractivity contribution in [3.8, 4) is 17.2 Å². The first kappa shape index (κ1) is 19.5. The number of phenolic OH excluding ortho intramolecular Hbond substituents is 1. The summed E-state index contributed by atoms with van der Waals surface area (Å²) in [5.41, 5.74) is 2.28. The molecule has 0 unspecified atom stereocenters. The number of nitro benzene ring substituents is 1. The smallest absolute Gasteiger partial charge is 0.312 e. The van der Waals surface area contributed by atoms with E-state index in [0.29, 0.717) is 5.56 Å². The monoisotopic (exact) mass is 395 g/mol. The Kier molecular flexibility index (Phi) is 5.79. The highest BCUT2D eigenvalue weighted by Crippen LogP contribution is 2.31. The number of phenols is 1. The van der Waals surface area contributed by atoms with Crippen molar-refractivity contribution >= 4 is 17.8 Å². The molecule has 3 rings (SSSR count). The third-order valence-electron chi connectivity index (χ3n) is 3.75. The van der Waals surface area contributed by atoms with Gasteiger partial charge in [0.15, 0.2) is 0 Å². The second-order valence-electron chi connectivity index (χ2n) is 5.76. The number of nitrogens with one attached hydrogen (secondary N) is 1. The molecule has 9 heteroatoms. The zero-order chi connectivity index (χ0) is 20.8. The maximum Gasteiger partial charge on any atom is 0.312 e. The van der Waals surface area contributed by atoms with Crippen molar-refractivity contribution in [3.63, 3.8) is 0 Å². The van der Waals surface area contributed by atoms with E-state index in [1.807, 2.05) is 0 Å². The van der Waals surface area contributed by atoms with Crippen LogP contribution in [0.25, 0.3) is 0 Å². The van der Waals surface area contributed by atoms with Crippen LogP contribution in [0.2, 0.25) is 0 Å². The molecule has 146 valence electrons. The number of hydrazone groups is 1. The molecule has 0 radical (unpaired) electrons. The maximum atomic E-state index is 13.0. The molecule has 0 aliphatic heterocycles. The van der Waals surface area contributed by atoms with E-state index in [1.54, 1.807) is 12.1 Å². The first-order valence-corrected chi connectivity index (χ1v) is 8.27. The van der Waals surface area contributed by atoms with Crippen LogP contribution in [-0.2, 0) is 0 Å². The Labute approximate surface area is 164 Å². The van der Waals surface area contributed by atoms with Crippen LogP contribution in [0, 0.1) is 15.9 Å². The fourth-order valence-electron chi connectivity index (χ4n) is 2.36. The van der Waals surface area contributed by atoms with Gasteiger partial charge in [-0.05, 0) is 48.5 Å². The molecule has 3 aromatic carbocycles. The van der Waals surface area contributed by atoms with E-state index in [1.165, 1.54) is 60.8 Å². The zero-order valence-corrected chi connectivity index (χ0v) is 14.8. The number of ether oxygens (including phenoxy) is 1. The van der Waals surface area contributed by atoms with Crippen LogP contribution in [0.5, 0.6) is 17.2 Å². The van der Waals surface area contributed by atoms with Gasteiger partial charge in [0, 0.05) is 11.6 Å². The van der Waals surface area contributed by atoms with Crippen LogP contribution < -0.4 is 10.2 Å². The summed E-state index contributed by atoms with van der Waals surface area (Å²) in [5, 5.41) is 24.7. The van der Waals surface area contributed by atoms with E-state index >= 15 is 0 Å². The van der Waals surface area contributed by atoms with Gasteiger partial charge in [-0.15, -0.1) is 0 Å². The minimum Gasteiger partial charge on any atom is -0.507 e. The van der Waals surface area contributed by atoms with Crippen LogP contribution in [0.3, 0.4) is 0 Å². The normalized spacial score (nSPS) is 10.7. The Hall–Kier alpha value is -4.27. The van der Waals surface area contributed by atoms with Gasteiger partial charge >= 0.3 is 5.69 Å². The molecule has 1 amide bonds. The largest absolute Gasteiger partial charge is 0.507 e. The van der Waals surface area contributed by atoms with E-state index in [0.717, 1.165) is 0 Å². The standard InChI is InChI=1S/C20H14FN3O5/c21-14-6-8-15(9-7-14)29-19-10-5-13(11-17(19)24(27)28)12-22-23-20(26)16-3-1-2-4-18(16)25/h1-12,25H,(H,23,26). The Morgan fingerprint density at radius 3 is 2.55 bits per heavy atom. The summed E-state index contributed by atoms with van der Waals surface area (Å²) in [5.74, 6) is -1.07. The molecule has 0 fully saturated rings. The molecule has 0 heterocycles. The number of carbonyl (C=O) groups excluding carboxylic acids is 1. The molecule has 29 heavy (non-hydrogen) atoms. The molecule has 0 aliphatic carbocycles. The molecule has 3 aromatic rings. The van der Waals surface area contributed by atoms with E-state index in [2.05, 4.69) is 10.5 Å². The summed E-state index contributed by atoms with van der Waals surface area (Å²) in [6, 6.07) is 15.1. The van der Waals surface area contributed by atoms with Gasteiger partial charge in [-0.1, -0.05) is 12.1 Å². The molecule has 2 N–H and O–H groups in total. The Balaban J connectivity index is 1.75. The Morgan fingerprint density at radius 1 is 1.14 bits per heavy atom. The summed E-state index contributed by atoms with van der Waals surface area (Å²) in [6.45, 7) is 0. The quantitative estimate of drug-likeness (QED) is 0.372. The number of carbonyl (C=O) groups is 1. The van der Waals surface area contributed by atoms with Gasteiger partial charge < -0.3 is 9.84 Å². The predicted molar refractivity (Wildman–Crippen MR) is 103 cm³/mol. The van der Waals surface area contributed by atoms with Crippen molar-refractivity contribution in [2.45, 2.75) is 0 Å². The van der Waals surface area contributed by atoms with E-state index in [9.17, 15) is 24.4 Å². The lowest BCUT2D eigenvalue weighted by Gasteiger charge is -2.07. The van der Waals surface area contributed by atoms with Crippen LogP contribution in [0.15, 0.2) is 71.8 Å². The summed E-state index contributed by atoms with van der Waals surface area (Å²) in [4.78, 5) is 22.7. The van der Waals surface area contributed by atoms with Gasteiger partial charge in [0.2, 0.25) is 5.75 Å². The lowest BCUT2D eigenvalue weighted by Crippen LogP contribution is -2.17. The van der Waals surface area contributed by atoms with Crippen molar-refractivity contribution < 1.29 is 24.0 Å². The van der Waals surface area contributed by atoms with E-state index in [4.69, 9.17) is 4.74 Å². The second-order valence-corrected chi connectivity index (χ2v) is 5.76. The highest BCUT2D eigenvalue weighted by molar-refractivity contribution is 5.97. The molecular formula is C20H14FN3O5. The highest BCUT2D eigenvalue weighted by Gasteiger charge is 2.16. The maximum absolute atomic E-state index is 13.0. The van der Waals surface area contributed by atoms with Gasteiger partial charge in [0.1, 0.15) is 17.3 Å². The highest BCUT2D eigenvalue weighted by atomic mass is 19.1. The minimum absolute atomic E-state index is 0.0306. The van der Waals surface area contributed by atoms with E-state index < -0.39 is 16.6 Å². The fraction of sp³-hybridized carbons (Fsp3) is 0. The first-order valence-electron chi connectivity index (χ1n) is 8.27. The molecule has 0 bridgehead atoms. The molecule has 0 saturated heterocycles. The number of hydrogen-bond donors (Lipinski definition) is 2. The summed E-state index contributed by atoms with van der Waals surface area (Å²) in [7, 11) is 0. The van der Waals surface area contributed by atoms with Crippen molar-refractivity contribution in [1.29, 1.82) is 0 Å². The van der Waals surface area contributed by atoms with Crippen LogP contribution in [0.4, 0.5) is 10.1 Å². The number of rotatable bonds is 6. The number of halogens is 1. The molecule has 8 nitrogen and oxygen atoms in total. The van der Waals surface area contributed by atoms with Gasteiger partial charge in [-0.2, -0.15) is 5.10 Å². The van der Waals surface area contributed by atoms with Gasteiger partial charge in [-0.25, -0.2) is 9.82 Å². The summed E-state index contributed by atoms with van der Waals surface area (Å²) in [6.07, 6.45) is 1.21. The second kappa shape index (κ2) is 8.61. The fourth-order valence-corrected chi connectivity index (χ4v) is 2.36. The summed E-state index contributed by atoms with van der Waals surface area (Å²) >= 11 is 0. The number of amides is 1. The Bertz CT molecular complexity index is 1080. The minimum atomic E-state index is -0.634. The van der Waals surface area contributed by atoms with Crippen LogP contribution in [0.1, 0.15) is 15.9 Å². The molecule has 0 aliphatic rings. The van der Waals surface area contributed by atoms with Crippen molar-refractivity contribution in [1.82, 2.24) is 5.43 Å². The molecule has 0 spiro atoms. The topological polar surface area (TPSA) is 114 Å². The third kappa shape index (κ3) is 4.92. The van der Waals surface area contributed by atoms with Gasteiger partial charge in [-0.3, -0.25) is 14.9 Å². The number of aromatic hydroxyl groups is 1. The molecular weight excluding hydrogens is 381 g/mol. The molecule has 0 saturated carbocycles. The van der Waals surface area contributed by atoms with Crippen molar-refractivity contribution in [2.24, 2.45) is 5.10 Å².